The topological polar surface area (TPSA) is 83.5 Å². The summed E-state index contributed by atoms with van der Waals surface area (Å²) in [6.45, 7) is 0. The van der Waals surface area contributed by atoms with Crippen molar-refractivity contribution in [3.63, 3.8) is 0 Å². The normalized spacial score (nSPS) is 11.9. The van der Waals surface area contributed by atoms with Crippen molar-refractivity contribution in [3.05, 3.63) is 89.0 Å². The summed E-state index contributed by atoms with van der Waals surface area (Å²) in [6, 6.07) is 15.5. The lowest BCUT2D eigenvalue weighted by Crippen LogP contribution is -2.12. The third-order valence-corrected chi connectivity index (χ3v) is 5.94. The minimum Gasteiger partial charge on any atom is -0.507 e. The van der Waals surface area contributed by atoms with Gasteiger partial charge in [0.15, 0.2) is 9.84 Å². The van der Waals surface area contributed by atoms with Crippen molar-refractivity contribution in [1.29, 1.82) is 0 Å². The van der Waals surface area contributed by atoms with Gasteiger partial charge in [0.25, 0.3) is 5.91 Å². The smallest absolute Gasteiger partial charge is 0.416 e. The molecule has 0 bridgehead atoms. The Morgan fingerprint density at radius 2 is 1.44 bits per heavy atom. The van der Waals surface area contributed by atoms with E-state index in [9.17, 15) is 31.5 Å². The van der Waals surface area contributed by atoms with Crippen molar-refractivity contribution < 1.29 is 31.5 Å². The number of aryl methyl sites for hydroxylation is 2. The van der Waals surface area contributed by atoms with Crippen LogP contribution in [0.2, 0.25) is 0 Å². The van der Waals surface area contributed by atoms with Crippen LogP contribution in [0.25, 0.3) is 0 Å². The molecule has 0 saturated heterocycles. The molecule has 3 rings (SSSR count). The quantitative estimate of drug-likeness (QED) is 0.512. The average Bonchev–Trinajstić information content (AvgIpc) is 2.73. The SMILES string of the molecule is CS(=O)(=O)c1cc(NC(=O)c2ccc(CCc3ccc(C(F)(F)F)cc3)cc2)ccc1O. The number of alkyl halides is 3. The molecular formula is C23H20F3NO4S. The van der Waals surface area contributed by atoms with Gasteiger partial charge >= 0.3 is 6.18 Å². The van der Waals surface area contributed by atoms with Gasteiger partial charge in [-0.25, -0.2) is 8.42 Å². The largest absolute Gasteiger partial charge is 0.507 e. The van der Waals surface area contributed by atoms with Gasteiger partial charge in [0, 0.05) is 17.5 Å². The third-order valence-electron chi connectivity index (χ3n) is 4.82. The molecule has 0 aliphatic heterocycles. The molecule has 0 radical (unpaired) electrons. The summed E-state index contributed by atoms with van der Waals surface area (Å²) in [5.74, 6) is -0.854. The van der Waals surface area contributed by atoms with E-state index in [1.165, 1.54) is 30.3 Å². The Balaban J connectivity index is 1.62. The Kier molecular flexibility index (Phi) is 6.59. The zero-order valence-electron chi connectivity index (χ0n) is 17.0. The molecule has 5 nitrogen and oxygen atoms in total. The van der Waals surface area contributed by atoms with Crippen LogP contribution in [0.1, 0.15) is 27.0 Å². The monoisotopic (exact) mass is 463 g/mol. The number of anilines is 1. The second kappa shape index (κ2) is 9.04. The predicted molar refractivity (Wildman–Crippen MR) is 114 cm³/mol. The van der Waals surface area contributed by atoms with Crippen molar-refractivity contribution in [1.82, 2.24) is 0 Å². The Bertz CT molecular complexity index is 1220. The third kappa shape index (κ3) is 5.88. The first kappa shape index (κ1) is 23.3. The van der Waals surface area contributed by atoms with Gasteiger partial charge in [0.2, 0.25) is 0 Å². The summed E-state index contributed by atoms with van der Waals surface area (Å²) in [5.41, 5.74) is 1.56. The Morgan fingerprint density at radius 3 is 1.94 bits per heavy atom. The van der Waals surface area contributed by atoms with E-state index in [-0.39, 0.29) is 10.6 Å². The van der Waals surface area contributed by atoms with Gasteiger partial charge in [0.1, 0.15) is 10.6 Å². The summed E-state index contributed by atoms with van der Waals surface area (Å²) < 4.78 is 61.3. The number of phenolic OH excluding ortho intramolecular Hbond substituents is 1. The molecular weight excluding hydrogens is 443 g/mol. The van der Waals surface area contributed by atoms with Crippen molar-refractivity contribution in [3.8, 4) is 5.75 Å². The van der Waals surface area contributed by atoms with E-state index in [4.69, 9.17) is 0 Å². The van der Waals surface area contributed by atoms with Crippen LogP contribution in [0.3, 0.4) is 0 Å². The highest BCUT2D eigenvalue weighted by Crippen LogP contribution is 2.29. The first-order valence-electron chi connectivity index (χ1n) is 9.53. The van der Waals surface area contributed by atoms with Gasteiger partial charge in [-0.15, -0.1) is 0 Å². The first-order valence-corrected chi connectivity index (χ1v) is 11.4. The molecule has 32 heavy (non-hydrogen) atoms. The summed E-state index contributed by atoms with van der Waals surface area (Å²) in [7, 11) is -3.66. The van der Waals surface area contributed by atoms with Crippen LogP contribution < -0.4 is 5.32 Å². The molecule has 2 N–H and O–H groups in total. The lowest BCUT2D eigenvalue weighted by Gasteiger charge is -2.09. The highest BCUT2D eigenvalue weighted by molar-refractivity contribution is 7.90. The van der Waals surface area contributed by atoms with Crippen LogP contribution in [-0.4, -0.2) is 25.7 Å². The van der Waals surface area contributed by atoms with E-state index in [0.29, 0.717) is 18.4 Å². The molecule has 9 heteroatoms. The Labute approximate surface area is 183 Å². The predicted octanol–water partition coefficient (Wildman–Crippen LogP) is 4.85. The van der Waals surface area contributed by atoms with Gasteiger partial charge in [-0.1, -0.05) is 24.3 Å². The van der Waals surface area contributed by atoms with Crippen molar-refractivity contribution in [2.75, 3.05) is 11.6 Å². The van der Waals surface area contributed by atoms with Crippen molar-refractivity contribution in [2.24, 2.45) is 0 Å². The lowest BCUT2D eigenvalue weighted by atomic mass is 10.0. The molecule has 0 aromatic heterocycles. The highest BCUT2D eigenvalue weighted by atomic mass is 32.2. The fraction of sp³-hybridized carbons (Fsp3) is 0.174. The standard InChI is InChI=1S/C23H20F3NO4S/c1-32(30,31)21-14-19(12-13-20(21)28)27-22(29)17-8-4-15(5-9-17)2-3-16-6-10-18(11-7-16)23(24,25)26/h4-14,28H,2-3H2,1H3,(H,27,29). The molecule has 1 amide bonds. The second-order valence-corrected chi connectivity index (χ2v) is 9.28. The van der Waals surface area contributed by atoms with Crippen LogP contribution in [0.15, 0.2) is 71.6 Å². The molecule has 0 heterocycles. The van der Waals surface area contributed by atoms with Crippen LogP contribution in [0.4, 0.5) is 18.9 Å². The number of carbonyl (C=O) groups excluding carboxylic acids is 1. The maximum absolute atomic E-state index is 12.6. The number of hydrogen-bond acceptors (Lipinski definition) is 4. The summed E-state index contributed by atoms with van der Waals surface area (Å²) in [6.07, 6.45) is -2.27. The number of halogens is 3. The van der Waals surface area contributed by atoms with E-state index in [1.807, 2.05) is 0 Å². The minimum atomic E-state index is -4.36. The Hall–Kier alpha value is -3.33. The summed E-state index contributed by atoms with van der Waals surface area (Å²) in [5, 5.41) is 12.3. The molecule has 0 aliphatic carbocycles. The van der Waals surface area contributed by atoms with Gasteiger partial charge in [-0.2, -0.15) is 13.2 Å². The van der Waals surface area contributed by atoms with Crippen molar-refractivity contribution in [2.45, 2.75) is 23.9 Å². The minimum absolute atomic E-state index is 0.222. The maximum Gasteiger partial charge on any atom is 0.416 e. The molecule has 3 aromatic rings. The average molecular weight is 463 g/mol. The fourth-order valence-corrected chi connectivity index (χ4v) is 3.85. The van der Waals surface area contributed by atoms with Gasteiger partial charge in [0.05, 0.1) is 5.56 Å². The van der Waals surface area contributed by atoms with Crippen molar-refractivity contribution >= 4 is 21.4 Å². The molecule has 3 aromatic carbocycles. The highest BCUT2D eigenvalue weighted by Gasteiger charge is 2.29. The van der Waals surface area contributed by atoms with E-state index in [2.05, 4.69) is 5.32 Å². The van der Waals surface area contributed by atoms with E-state index in [1.54, 1.807) is 24.3 Å². The van der Waals surface area contributed by atoms with Crippen LogP contribution in [0.5, 0.6) is 5.75 Å². The number of aromatic hydroxyl groups is 1. The van der Waals surface area contributed by atoms with Gasteiger partial charge in [-0.3, -0.25) is 4.79 Å². The Morgan fingerprint density at radius 1 is 0.906 bits per heavy atom. The second-order valence-electron chi connectivity index (χ2n) is 7.30. The van der Waals surface area contributed by atoms with E-state index in [0.717, 1.165) is 29.5 Å². The zero-order valence-corrected chi connectivity index (χ0v) is 17.8. The number of nitrogens with one attached hydrogen (secondary N) is 1. The number of amides is 1. The molecule has 0 saturated carbocycles. The lowest BCUT2D eigenvalue weighted by molar-refractivity contribution is -0.137. The van der Waals surface area contributed by atoms with Crippen LogP contribution in [-0.2, 0) is 28.9 Å². The molecule has 0 atom stereocenters. The summed E-state index contributed by atoms with van der Waals surface area (Å²) in [4.78, 5) is 12.2. The zero-order chi connectivity index (χ0) is 23.5. The van der Waals surface area contributed by atoms with E-state index < -0.39 is 33.2 Å². The number of phenols is 1. The number of carbonyl (C=O) groups is 1. The molecule has 0 fully saturated rings. The van der Waals surface area contributed by atoms with Gasteiger partial charge < -0.3 is 10.4 Å². The summed E-state index contributed by atoms with van der Waals surface area (Å²) >= 11 is 0. The number of hydrogen-bond donors (Lipinski definition) is 2. The number of rotatable bonds is 6. The number of sulfone groups is 1. The molecule has 0 aliphatic rings. The fourth-order valence-electron chi connectivity index (χ4n) is 3.06. The molecule has 0 spiro atoms. The maximum atomic E-state index is 12.6. The van der Waals surface area contributed by atoms with E-state index >= 15 is 0 Å². The molecule has 168 valence electrons. The molecule has 0 unspecified atom stereocenters. The number of benzene rings is 3. The van der Waals surface area contributed by atoms with Crippen LogP contribution >= 0.6 is 0 Å². The van der Waals surface area contributed by atoms with Gasteiger partial charge in [-0.05, 0) is 66.4 Å². The van der Waals surface area contributed by atoms with Crippen LogP contribution in [0, 0.1) is 0 Å². The first-order chi connectivity index (χ1) is 14.9.